The second kappa shape index (κ2) is 9.15. The summed E-state index contributed by atoms with van der Waals surface area (Å²) in [5, 5.41) is 2.90. The van der Waals surface area contributed by atoms with Crippen molar-refractivity contribution in [2.24, 2.45) is 11.7 Å². The minimum atomic E-state index is -0.342. The van der Waals surface area contributed by atoms with Crippen LogP contribution < -0.4 is 16.0 Å². The number of nitrogens with zero attached hydrogens (tertiary/aromatic N) is 2. The van der Waals surface area contributed by atoms with E-state index in [4.69, 9.17) is 5.73 Å². The lowest BCUT2D eigenvalue weighted by molar-refractivity contribution is 0.0933. The molecule has 0 spiro atoms. The molecule has 1 heterocycles. The zero-order valence-electron chi connectivity index (χ0n) is 15.6. The molecular formula is C19H31FN4O. The largest absolute Gasteiger partial charge is 0.367 e. The number of piperazine rings is 1. The van der Waals surface area contributed by atoms with Gasteiger partial charge >= 0.3 is 0 Å². The highest BCUT2D eigenvalue weighted by Gasteiger charge is 2.20. The van der Waals surface area contributed by atoms with Crippen molar-refractivity contribution in [2.45, 2.75) is 33.2 Å². The Kier molecular flexibility index (Phi) is 7.20. The van der Waals surface area contributed by atoms with Gasteiger partial charge in [0.05, 0.1) is 5.69 Å². The Morgan fingerprint density at radius 1 is 1.28 bits per heavy atom. The topological polar surface area (TPSA) is 61.6 Å². The summed E-state index contributed by atoms with van der Waals surface area (Å²) in [6.45, 7) is 11.2. The Balaban J connectivity index is 2.02. The van der Waals surface area contributed by atoms with Crippen molar-refractivity contribution in [2.75, 3.05) is 44.2 Å². The Hall–Kier alpha value is -1.66. The summed E-state index contributed by atoms with van der Waals surface area (Å²) in [4.78, 5) is 16.8. The number of hydrogen-bond donors (Lipinski definition) is 2. The number of benzene rings is 1. The van der Waals surface area contributed by atoms with E-state index in [1.165, 1.54) is 6.07 Å². The molecule has 5 nitrogen and oxygen atoms in total. The van der Waals surface area contributed by atoms with Gasteiger partial charge in [-0.25, -0.2) is 4.39 Å². The van der Waals surface area contributed by atoms with E-state index >= 15 is 0 Å². The number of carbonyl (C=O) groups excluding carboxylic acids is 1. The first-order valence-corrected chi connectivity index (χ1v) is 9.22. The van der Waals surface area contributed by atoms with Crippen molar-refractivity contribution in [1.82, 2.24) is 10.2 Å². The highest BCUT2D eigenvalue weighted by atomic mass is 19.1. The van der Waals surface area contributed by atoms with E-state index < -0.39 is 0 Å². The molecule has 0 aromatic heterocycles. The van der Waals surface area contributed by atoms with Gasteiger partial charge in [-0.1, -0.05) is 20.8 Å². The molecule has 0 bridgehead atoms. The van der Waals surface area contributed by atoms with Gasteiger partial charge in [-0.2, -0.15) is 0 Å². The second-order valence-corrected chi connectivity index (χ2v) is 7.12. The van der Waals surface area contributed by atoms with Crippen LogP contribution in [0.15, 0.2) is 18.2 Å². The van der Waals surface area contributed by atoms with Gasteiger partial charge in [0.1, 0.15) is 5.82 Å². The van der Waals surface area contributed by atoms with Crippen molar-refractivity contribution in [1.29, 1.82) is 0 Å². The van der Waals surface area contributed by atoms with Crippen LogP contribution >= 0.6 is 0 Å². The van der Waals surface area contributed by atoms with Crippen molar-refractivity contribution in [3.05, 3.63) is 29.6 Å². The van der Waals surface area contributed by atoms with Crippen LogP contribution in [0.25, 0.3) is 0 Å². The number of hydrogen-bond acceptors (Lipinski definition) is 4. The molecule has 1 aliphatic rings. The van der Waals surface area contributed by atoms with Gasteiger partial charge in [-0.3, -0.25) is 4.79 Å². The average Bonchev–Trinajstić information content (AvgIpc) is 2.60. The Bertz CT molecular complexity index is 571. The third-order valence-electron chi connectivity index (χ3n) is 4.75. The molecule has 140 valence electrons. The summed E-state index contributed by atoms with van der Waals surface area (Å²) in [5.41, 5.74) is 6.64. The zero-order valence-corrected chi connectivity index (χ0v) is 15.6. The number of likely N-dealkylation sites (N-methyl/N-ethyl adjacent to an activating group) is 1. The van der Waals surface area contributed by atoms with Gasteiger partial charge in [0.25, 0.3) is 5.91 Å². The Labute approximate surface area is 150 Å². The lowest BCUT2D eigenvalue weighted by Crippen LogP contribution is -2.46. The first-order valence-electron chi connectivity index (χ1n) is 9.22. The number of anilines is 1. The van der Waals surface area contributed by atoms with Crippen molar-refractivity contribution in [3.63, 3.8) is 0 Å². The number of carbonyl (C=O) groups is 1. The maximum Gasteiger partial charge on any atom is 0.251 e. The average molecular weight is 350 g/mol. The molecule has 2 rings (SSSR count). The predicted octanol–water partition coefficient (Wildman–Crippen LogP) is 2.07. The van der Waals surface area contributed by atoms with Crippen molar-refractivity contribution >= 4 is 11.6 Å². The van der Waals surface area contributed by atoms with Crippen LogP contribution in [-0.2, 0) is 0 Å². The van der Waals surface area contributed by atoms with E-state index in [-0.39, 0.29) is 17.8 Å². The van der Waals surface area contributed by atoms with E-state index in [1.54, 1.807) is 12.1 Å². The third kappa shape index (κ3) is 5.41. The number of amides is 1. The molecule has 25 heavy (non-hydrogen) atoms. The summed E-state index contributed by atoms with van der Waals surface area (Å²) in [7, 11) is 0. The summed E-state index contributed by atoms with van der Waals surface area (Å²) >= 11 is 0. The first-order chi connectivity index (χ1) is 11.9. The molecule has 0 aliphatic carbocycles. The second-order valence-electron chi connectivity index (χ2n) is 7.12. The molecule has 0 saturated carbocycles. The first kappa shape index (κ1) is 19.7. The lowest BCUT2D eigenvalue weighted by atomic mass is 10.0. The number of nitrogens with two attached hydrogens (primary N) is 1. The summed E-state index contributed by atoms with van der Waals surface area (Å²) in [6.07, 6.45) is 0.810. The molecular weight excluding hydrogens is 319 g/mol. The van der Waals surface area contributed by atoms with Crippen LogP contribution in [-0.4, -0.2) is 56.1 Å². The Morgan fingerprint density at radius 3 is 2.48 bits per heavy atom. The van der Waals surface area contributed by atoms with Gasteiger partial charge in [-0.05, 0) is 37.1 Å². The summed E-state index contributed by atoms with van der Waals surface area (Å²) in [5.74, 6) is -0.169. The fourth-order valence-electron chi connectivity index (χ4n) is 3.26. The van der Waals surface area contributed by atoms with Gasteiger partial charge < -0.3 is 20.9 Å². The molecule has 1 atom stereocenters. The lowest BCUT2D eigenvalue weighted by Gasteiger charge is -2.35. The summed E-state index contributed by atoms with van der Waals surface area (Å²) < 4.78 is 14.5. The van der Waals surface area contributed by atoms with E-state index in [1.807, 2.05) is 4.90 Å². The van der Waals surface area contributed by atoms with Crippen LogP contribution in [0.5, 0.6) is 0 Å². The fraction of sp³-hybridized carbons (Fsp3) is 0.632. The van der Waals surface area contributed by atoms with E-state index in [0.29, 0.717) is 23.7 Å². The molecule has 1 aromatic rings. The molecule has 1 aromatic carbocycles. The number of halogens is 1. The van der Waals surface area contributed by atoms with Crippen molar-refractivity contribution < 1.29 is 9.18 Å². The molecule has 1 amide bonds. The Morgan fingerprint density at radius 2 is 1.96 bits per heavy atom. The van der Waals surface area contributed by atoms with Gasteiger partial charge in [0.15, 0.2) is 0 Å². The highest BCUT2D eigenvalue weighted by molar-refractivity contribution is 5.94. The minimum Gasteiger partial charge on any atom is -0.367 e. The molecule has 1 fully saturated rings. The standard InChI is InChI=1S/C19H31FN4O/c1-4-23-7-9-24(10-8-23)18-6-5-15(12-17(18)20)19(25)22-16(13-21)11-14(2)3/h5-6,12,14,16H,4,7-11,13,21H2,1-3H3,(H,22,25). The van der Waals surface area contributed by atoms with E-state index in [2.05, 4.69) is 31.0 Å². The monoisotopic (exact) mass is 350 g/mol. The van der Waals surface area contributed by atoms with Crippen LogP contribution in [0, 0.1) is 11.7 Å². The van der Waals surface area contributed by atoms with Crippen LogP contribution in [0.4, 0.5) is 10.1 Å². The predicted molar refractivity (Wildman–Crippen MR) is 100 cm³/mol. The number of rotatable bonds is 7. The van der Waals surface area contributed by atoms with E-state index in [9.17, 15) is 9.18 Å². The van der Waals surface area contributed by atoms with Crippen LogP contribution in [0.3, 0.4) is 0 Å². The SMILES string of the molecule is CCN1CCN(c2ccc(C(=O)NC(CN)CC(C)C)cc2F)CC1. The third-order valence-corrected chi connectivity index (χ3v) is 4.75. The fourth-order valence-corrected chi connectivity index (χ4v) is 3.26. The van der Waals surface area contributed by atoms with Crippen LogP contribution in [0.1, 0.15) is 37.6 Å². The minimum absolute atomic E-state index is 0.0858. The van der Waals surface area contributed by atoms with E-state index in [0.717, 1.165) is 39.1 Å². The quantitative estimate of drug-likeness (QED) is 0.790. The molecule has 0 radical (unpaired) electrons. The normalized spacial score (nSPS) is 17.0. The van der Waals surface area contributed by atoms with Crippen LogP contribution in [0.2, 0.25) is 0 Å². The smallest absolute Gasteiger partial charge is 0.251 e. The molecule has 3 N–H and O–H groups in total. The molecule has 1 aliphatic heterocycles. The van der Waals surface area contributed by atoms with Crippen molar-refractivity contribution in [3.8, 4) is 0 Å². The molecule has 1 unspecified atom stereocenters. The maximum absolute atomic E-state index is 14.5. The number of nitrogens with one attached hydrogen (secondary N) is 1. The molecule has 1 saturated heterocycles. The van der Waals surface area contributed by atoms with Gasteiger partial charge in [0, 0.05) is 44.3 Å². The molecule has 6 heteroatoms. The highest BCUT2D eigenvalue weighted by Crippen LogP contribution is 2.22. The summed E-state index contributed by atoms with van der Waals surface area (Å²) in [6, 6.07) is 4.66. The van der Waals surface area contributed by atoms with Gasteiger partial charge in [0.2, 0.25) is 0 Å². The zero-order chi connectivity index (χ0) is 18.4. The maximum atomic E-state index is 14.5. The van der Waals surface area contributed by atoms with Gasteiger partial charge in [-0.15, -0.1) is 0 Å².